The topological polar surface area (TPSA) is 47.1 Å². The lowest BCUT2D eigenvalue weighted by Crippen LogP contribution is -2.04. The molecule has 31 heavy (non-hydrogen) atoms. The van der Waals surface area contributed by atoms with E-state index in [0.29, 0.717) is 28.6 Å². The van der Waals surface area contributed by atoms with Crippen molar-refractivity contribution in [2.24, 2.45) is 0 Å². The van der Waals surface area contributed by atoms with Crippen molar-refractivity contribution in [2.75, 3.05) is 14.2 Å². The number of rotatable bonds is 5. The molecule has 4 nitrogen and oxygen atoms in total. The number of benzene rings is 3. The number of aromatic amines is 1. The minimum absolute atomic E-state index is 0.462. The van der Waals surface area contributed by atoms with Gasteiger partial charge in [0.1, 0.15) is 17.3 Å². The van der Waals surface area contributed by atoms with Crippen LogP contribution >= 0.6 is 0 Å². The van der Waals surface area contributed by atoms with E-state index >= 15 is 0 Å². The summed E-state index contributed by atoms with van der Waals surface area (Å²) >= 11 is 0. The molecule has 158 valence electrons. The smallest absolute Gasteiger partial charge is 0.416 e. The van der Waals surface area contributed by atoms with E-state index in [1.54, 1.807) is 14.2 Å². The van der Waals surface area contributed by atoms with E-state index < -0.39 is 11.7 Å². The van der Waals surface area contributed by atoms with E-state index in [1.165, 1.54) is 12.1 Å². The summed E-state index contributed by atoms with van der Waals surface area (Å²) in [5.41, 5.74) is 2.87. The second-order valence-corrected chi connectivity index (χ2v) is 6.85. The predicted octanol–water partition coefficient (Wildman–Crippen LogP) is 6.45. The highest BCUT2D eigenvalue weighted by atomic mass is 19.4. The molecule has 0 aliphatic carbocycles. The minimum Gasteiger partial charge on any atom is -0.497 e. The molecule has 0 saturated heterocycles. The molecular weight excluding hydrogens is 405 g/mol. The highest BCUT2D eigenvalue weighted by Gasteiger charge is 2.30. The maximum absolute atomic E-state index is 12.9. The molecule has 0 amide bonds. The van der Waals surface area contributed by atoms with Crippen LogP contribution in [0.1, 0.15) is 5.56 Å². The molecule has 1 N–H and O–H groups in total. The zero-order valence-corrected chi connectivity index (χ0v) is 16.8. The Kier molecular flexibility index (Phi) is 5.42. The Morgan fingerprint density at radius 2 is 1.32 bits per heavy atom. The number of hydrogen-bond acceptors (Lipinski definition) is 3. The number of H-pyrrole nitrogens is 1. The first kappa shape index (κ1) is 20.5. The van der Waals surface area contributed by atoms with Gasteiger partial charge >= 0.3 is 6.18 Å². The van der Waals surface area contributed by atoms with Crippen molar-refractivity contribution in [3.63, 3.8) is 0 Å². The largest absolute Gasteiger partial charge is 0.497 e. The van der Waals surface area contributed by atoms with Gasteiger partial charge in [0.2, 0.25) is 0 Å². The van der Waals surface area contributed by atoms with Crippen molar-refractivity contribution in [1.82, 2.24) is 9.97 Å². The summed E-state index contributed by atoms with van der Waals surface area (Å²) in [6.45, 7) is 0. The van der Waals surface area contributed by atoms with Gasteiger partial charge in [0, 0.05) is 16.7 Å². The van der Waals surface area contributed by atoms with Crippen molar-refractivity contribution in [2.45, 2.75) is 6.18 Å². The Labute approximate surface area is 177 Å². The molecule has 0 aliphatic heterocycles. The average molecular weight is 424 g/mol. The average Bonchev–Trinajstić information content (AvgIpc) is 3.24. The van der Waals surface area contributed by atoms with Gasteiger partial charge in [-0.05, 0) is 36.4 Å². The summed E-state index contributed by atoms with van der Waals surface area (Å²) < 4.78 is 49.5. The lowest BCUT2D eigenvalue weighted by Gasteiger charge is -2.07. The van der Waals surface area contributed by atoms with Crippen LogP contribution < -0.4 is 9.47 Å². The molecular formula is C24H19F3N2O2. The van der Waals surface area contributed by atoms with Crippen molar-refractivity contribution < 1.29 is 22.6 Å². The molecule has 0 bridgehead atoms. The number of nitrogens with zero attached hydrogens (tertiary/aromatic N) is 1. The van der Waals surface area contributed by atoms with Gasteiger partial charge in [-0.1, -0.05) is 36.4 Å². The molecule has 1 heterocycles. The second-order valence-electron chi connectivity index (χ2n) is 6.85. The zero-order valence-electron chi connectivity index (χ0n) is 16.8. The molecule has 0 saturated carbocycles. The second kappa shape index (κ2) is 8.18. The van der Waals surface area contributed by atoms with E-state index in [4.69, 9.17) is 14.5 Å². The zero-order chi connectivity index (χ0) is 22.0. The van der Waals surface area contributed by atoms with Crippen LogP contribution in [0.2, 0.25) is 0 Å². The van der Waals surface area contributed by atoms with Gasteiger partial charge in [0.15, 0.2) is 0 Å². The van der Waals surface area contributed by atoms with Crippen LogP contribution in [-0.4, -0.2) is 24.2 Å². The fraction of sp³-hybridized carbons (Fsp3) is 0.125. The summed E-state index contributed by atoms with van der Waals surface area (Å²) in [4.78, 5) is 7.99. The number of nitrogens with one attached hydrogen (secondary N) is 1. The van der Waals surface area contributed by atoms with Gasteiger partial charge in [-0.2, -0.15) is 13.2 Å². The molecule has 0 aliphatic rings. The third-order valence-corrected chi connectivity index (χ3v) is 4.89. The minimum atomic E-state index is -4.39. The monoisotopic (exact) mass is 424 g/mol. The van der Waals surface area contributed by atoms with E-state index in [-0.39, 0.29) is 0 Å². The molecule has 0 unspecified atom stereocenters. The maximum atomic E-state index is 12.9. The molecule has 0 radical (unpaired) electrons. The Morgan fingerprint density at radius 1 is 0.742 bits per heavy atom. The molecule has 0 atom stereocenters. The van der Waals surface area contributed by atoms with Crippen LogP contribution in [0.15, 0.2) is 72.8 Å². The maximum Gasteiger partial charge on any atom is 0.416 e. The van der Waals surface area contributed by atoms with Gasteiger partial charge in [-0.25, -0.2) is 4.98 Å². The Balaban J connectivity index is 1.85. The summed E-state index contributed by atoms with van der Waals surface area (Å²) in [6, 6.07) is 19.8. The molecule has 4 aromatic rings. The van der Waals surface area contributed by atoms with E-state index in [9.17, 15) is 13.2 Å². The number of halogens is 3. The summed E-state index contributed by atoms with van der Waals surface area (Å²) in [5.74, 6) is 1.82. The number of ether oxygens (including phenoxy) is 2. The van der Waals surface area contributed by atoms with Gasteiger partial charge in [0.25, 0.3) is 0 Å². The third kappa shape index (κ3) is 4.26. The van der Waals surface area contributed by atoms with Gasteiger partial charge in [0.05, 0.1) is 31.2 Å². The summed E-state index contributed by atoms with van der Waals surface area (Å²) in [7, 11) is 3.17. The SMILES string of the molecule is COc1cccc(-c2nc(-c3ccc(C(F)(F)F)cc3)[nH]c2-c2cccc(OC)c2)c1. The van der Waals surface area contributed by atoms with Crippen molar-refractivity contribution in [3.8, 4) is 45.4 Å². The first-order valence-corrected chi connectivity index (χ1v) is 9.45. The molecule has 0 fully saturated rings. The van der Waals surface area contributed by atoms with Crippen LogP contribution in [-0.2, 0) is 6.18 Å². The number of hydrogen-bond donors (Lipinski definition) is 1. The molecule has 0 spiro atoms. The van der Waals surface area contributed by atoms with Crippen LogP contribution in [0.5, 0.6) is 11.5 Å². The first-order chi connectivity index (χ1) is 14.9. The number of alkyl halides is 3. The number of methoxy groups -OCH3 is 2. The van der Waals surface area contributed by atoms with E-state index in [2.05, 4.69) is 4.98 Å². The van der Waals surface area contributed by atoms with Crippen LogP contribution in [0.4, 0.5) is 13.2 Å². The fourth-order valence-corrected chi connectivity index (χ4v) is 3.29. The lowest BCUT2D eigenvalue weighted by molar-refractivity contribution is -0.137. The van der Waals surface area contributed by atoms with Gasteiger partial charge in [-0.3, -0.25) is 0 Å². The predicted molar refractivity (Wildman–Crippen MR) is 113 cm³/mol. The first-order valence-electron chi connectivity index (χ1n) is 9.45. The highest BCUT2D eigenvalue weighted by Crippen LogP contribution is 2.36. The molecule has 3 aromatic carbocycles. The Hall–Kier alpha value is -3.74. The summed E-state index contributed by atoms with van der Waals surface area (Å²) in [6.07, 6.45) is -4.39. The van der Waals surface area contributed by atoms with Crippen molar-refractivity contribution in [3.05, 3.63) is 78.4 Å². The highest BCUT2D eigenvalue weighted by molar-refractivity contribution is 5.82. The van der Waals surface area contributed by atoms with E-state index in [1.807, 2.05) is 48.5 Å². The van der Waals surface area contributed by atoms with Crippen molar-refractivity contribution >= 4 is 0 Å². The van der Waals surface area contributed by atoms with E-state index in [0.717, 1.165) is 29.0 Å². The number of imidazole rings is 1. The standard InChI is InChI=1S/C24H19F3N2O2/c1-30-19-7-3-5-16(13-19)21-22(17-6-4-8-20(14-17)31-2)29-23(28-21)15-9-11-18(12-10-15)24(25,26)27/h3-14H,1-2H3,(H,28,29). The molecule has 1 aromatic heterocycles. The Bertz CT molecular complexity index is 1130. The van der Waals surface area contributed by atoms with Crippen LogP contribution in [0.3, 0.4) is 0 Å². The van der Waals surface area contributed by atoms with Gasteiger partial charge < -0.3 is 14.5 Å². The van der Waals surface area contributed by atoms with Gasteiger partial charge in [-0.15, -0.1) is 0 Å². The van der Waals surface area contributed by atoms with Crippen LogP contribution in [0.25, 0.3) is 33.9 Å². The van der Waals surface area contributed by atoms with Crippen molar-refractivity contribution in [1.29, 1.82) is 0 Å². The Morgan fingerprint density at radius 3 is 1.90 bits per heavy atom. The summed E-state index contributed by atoms with van der Waals surface area (Å²) in [5, 5.41) is 0. The molecule has 4 rings (SSSR count). The lowest BCUT2D eigenvalue weighted by atomic mass is 10.0. The third-order valence-electron chi connectivity index (χ3n) is 4.89. The molecule has 7 heteroatoms. The fourth-order valence-electron chi connectivity index (χ4n) is 3.29. The number of aromatic nitrogens is 2. The van der Waals surface area contributed by atoms with Crippen LogP contribution in [0, 0.1) is 0 Å². The quantitative estimate of drug-likeness (QED) is 0.401. The normalized spacial score (nSPS) is 11.4.